The Morgan fingerprint density at radius 2 is 1.67 bits per heavy atom. The first-order valence-corrected chi connectivity index (χ1v) is 7.89. The van der Waals surface area contributed by atoms with Crippen LogP contribution in [0, 0.1) is 0 Å². The number of nitrogens with one attached hydrogen (secondary N) is 1. The summed E-state index contributed by atoms with van der Waals surface area (Å²) in [7, 11) is 0. The fourth-order valence-electron chi connectivity index (χ4n) is 3.19. The van der Waals surface area contributed by atoms with Crippen LogP contribution in [0.25, 0.3) is 0 Å². The van der Waals surface area contributed by atoms with E-state index in [-0.39, 0.29) is 5.75 Å². The number of phenols is 1. The van der Waals surface area contributed by atoms with Crippen LogP contribution in [-0.2, 0) is 0 Å². The second-order valence-electron chi connectivity index (χ2n) is 5.80. The highest BCUT2D eigenvalue weighted by atomic mass is 35.5. The lowest BCUT2D eigenvalue weighted by molar-refractivity contribution is 0.412. The molecule has 0 spiro atoms. The summed E-state index contributed by atoms with van der Waals surface area (Å²) in [5.74, 6) is 0.889. The van der Waals surface area contributed by atoms with E-state index in [0.717, 1.165) is 18.5 Å². The summed E-state index contributed by atoms with van der Waals surface area (Å²) in [5, 5.41) is 13.6. The average molecular weight is 302 g/mol. The summed E-state index contributed by atoms with van der Waals surface area (Å²) in [6.45, 7) is 0. The van der Waals surface area contributed by atoms with Crippen LogP contribution in [0.1, 0.15) is 37.2 Å². The predicted octanol–water partition coefficient (Wildman–Crippen LogP) is 5.18. The molecule has 0 aliphatic heterocycles. The number of hydrogen-bond donors (Lipinski definition) is 2. The van der Waals surface area contributed by atoms with Crippen molar-refractivity contribution in [2.24, 2.45) is 0 Å². The highest BCUT2D eigenvalue weighted by molar-refractivity contribution is 6.31. The van der Waals surface area contributed by atoms with Crippen LogP contribution >= 0.6 is 11.6 Å². The third-order valence-electron chi connectivity index (χ3n) is 4.25. The molecule has 0 aromatic heterocycles. The number of benzene rings is 2. The Bertz CT molecular complexity index is 571. The third-order valence-corrected chi connectivity index (χ3v) is 4.47. The maximum absolute atomic E-state index is 9.59. The van der Waals surface area contributed by atoms with Gasteiger partial charge in [-0.25, -0.2) is 0 Å². The van der Waals surface area contributed by atoms with Crippen molar-refractivity contribution in [1.82, 2.24) is 0 Å². The molecule has 0 bridgehead atoms. The van der Waals surface area contributed by atoms with E-state index in [1.807, 2.05) is 6.07 Å². The normalized spacial score (nSPS) is 22.0. The highest BCUT2D eigenvalue weighted by Crippen LogP contribution is 2.34. The standard InChI is InChI=1S/C18H20ClNO/c19-15-10-17(12-18(21)11-15)20-16-8-6-14(7-9-16)13-4-2-1-3-5-13/h1-5,10-12,14,16,20-21H,6-9H2. The van der Waals surface area contributed by atoms with Crippen molar-refractivity contribution >= 4 is 17.3 Å². The van der Waals surface area contributed by atoms with Crippen LogP contribution in [0.3, 0.4) is 0 Å². The molecule has 1 fully saturated rings. The van der Waals surface area contributed by atoms with Crippen molar-refractivity contribution in [1.29, 1.82) is 0 Å². The molecular weight excluding hydrogens is 282 g/mol. The molecule has 1 saturated carbocycles. The second kappa shape index (κ2) is 6.40. The molecule has 0 atom stereocenters. The summed E-state index contributed by atoms with van der Waals surface area (Å²) < 4.78 is 0. The molecule has 2 nitrogen and oxygen atoms in total. The van der Waals surface area contributed by atoms with Gasteiger partial charge in [0.25, 0.3) is 0 Å². The zero-order valence-electron chi connectivity index (χ0n) is 11.9. The van der Waals surface area contributed by atoms with E-state index in [1.54, 1.807) is 12.1 Å². The van der Waals surface area contributed by atoms with Crippen molar-refractivity contribution in [2.45, 2.75) is 37.6 Å². The van der Waals surface area contributed by atoms with Crippen LogP contribution in [0.5, 0.6) is 5.75 Å². The number of hydrogen-bond acceptors (Lipinski definition) is 2. The molecule has 3 heteroatoms. The molecule has 0 saturated heterocycles. The lowest BCUT2D eigenvalue weighted by Gasteiger charge is -2.30. The van der Waals surface area contributed by atoms with E-state index >= 15 is 0 Å². The second-order valence-corrected chi connectivity index (χ2v) is 6.24. The van der Waals surface area contributed by atoms with Gasteiger partial charge in [0.05, 0.1) is 0 Å². The lowest BCUT2D eigenvalue weighted by atomic mass is 9.82. The van der Waals surface area contributed by atoms with Gasteiger partial charge in [-0.1, -0.05) is 41.9 Å². The number of halogens is 1. The van der Waals surface area contributed by atoms with Crippen LogP contribution in [-0.4, -0.2) is 11.1 Å². The molecule has 0 radical (unpaired) electrons. The zero-order valence-corrected chi connectivity index (χ0v) is 12.7. The van der Waals surface area contributed by atoms with E-state index in [4.69, 9.17) is 11.6 Å². The molecule has 0 amide bonds. The minimum atomic E-state index is 0.211. The molecule has 0 heterocycles. The number of rotatable bonds is 3. The first kappa shape index (κ1) is 14.3. The van der Waals surface area contributed by atoms with Crippen LogP contribution < -0.4 is 5.32 Å². The van der Waals surface area contributed by atoms with Gasteiger partial charge in [-0.3, -0.25) is 0 Å². The first-order valence-electron chi connectivity index (χ1n) is 7.52. The van der Waals surface area contributed by atoms with Gasteiger partial charge in [-0.05, 0) is 49.3 Å². The summed E-state index contributed by atoms with van der Waals surface area (Å²) in [5.41, 5.74) is 2.36. The Balaban J connectivity index is 1.58. The quantitative estimate of drug-likeness (QED) is 0.818. The SMILES string of the molecule is Oc1cc(Cl)cc(NC2CCC(c3ccccc3)CC2)c1. The fourth-order valence-corrected chi connectivity index (χ4v) is 3.42. The van der Waals surface area contributed by atoms with Gasteiger partial charge in [0.1, 0.15) is 5.75 Å². The molecule has 0 unspecified atom stereocenters. The minimum absolute atomic E-state index is 0.211. The first-order chi connectivity index (χ1) is 10.2. The smallest absolute Gasteiger partial charge is 0.119 e. The molecule has 2 aromatic rings. The van der Waals surface area contributed by atoms with Gasteiger partial charge in [-0.2, -0.15) is 0 Å². The molecule has 110 valence electrons. The summed E-state index contributed by atoms with van der Waals surface area (Å²) in [6.07, 6.45) is 4.70. The Kier molecular flexibility index (Phi) is 4.35. The summed E-state index contributed by atoms with van der Waals surface area (Å²) in [4.78, 5) is 0. The van der Waals surface area contributed by atoms with Gasteiger partial charge in [0.15, 0.2) is 0 Å². The monoisotopic (exact) mass is 301 g/mol. The Morgan fingerprint density at radius 3 is 2.33 bits per heavy atom. The van der Waals surface area contributed by atoms with Gasteiger partial charge < -0.3 is 10.4 Å². The van der Waals surface area contributed by atoms with Crippen molar-refractivity contribution in [3.8, 4) is 5.75 Å². The minimum Gasteiger partial charge on any atom is -0.508 e. The van der Waals surface area contributed by atoms with Crippen LogP contribution in [0.15, 0.2) is 48.5 Å². The average Bonchev–Trinajstić information content (AvgIpc) is 2.48. The summed E-state index contributed by atoms with van der Waals surface area (Å²) in [6, 6.07) is 16.4. The van der Waals surface area contributed by atoms with Crippen molar-refractivity contribution in [3.05, 3.63) is 59.1 Å². The van der Waals surface area contributed by atoms with E-state index in [2.05, 4.69) is 35.6 Å². The Hall–Kier alpha value is -1.67. The third kappa shape index (κ3) is 3.70. The van der Waals surface area contributed by atoms with Gasteiger partial charge in [0.2, 0.25) is 0 Å². The van der Waals surface area contributed by atoms with Gasteiger partial charge >= 0.3 is 0 Å². The molecule has 1 aliphatic carbocycles. The zero-order chi connectivity index (χ0) is 14.7. The number of anilines is 1. The summed E-state index contributed by atoms with van der Waals surface area (Å²) >= 11 is 5.97. The molecule has 2 N–H and O–H groups in total. The topological polar surface area (TPSA) is 32.3 Å². The molecule has 3 rings (SSSR count). The van der Waals surface area contributed by atoms with E-state index < -0.39 is 0 Å². The maximum Gasteiger partial charge on any atom is 0.119 e. The fraction of sp³-hybridized carbons (Fsp3) is 0.333. The van der Waals surface area contributed by atoms with E-state index in [0.29, 0.717) is 17.0 Å². The maximum atomic E-state index is 9.59. The van der Waals surface area contributed by atoms with Crippen LogP contribution in [0.4, 0.5) is 5.69 Å². The van der Waals surface area contributed by atoms with Crippen molar-refractivity contribution < 1.29 is 5.11 Å². The van der Waals surface area contributed by atoms with E-state index in [1.165, 1.54) is 18.4 Å². The Morgan fingerprint density at radius 1 is 0.952 bits per heavy atom. The number of phenolic OH excluding ortho intramolecular Hbond substituents is 1. The molecule has 2 aromatic carbocycles. The molecule has 1 aliphatic rings. The largest absolute Gasteiger partial charge is 0.508 e. The highest BCUT2D eigenvalue weighted by Gasteiger charge is 2.22. The molecule has 21 heavy (non-hydrogen) atoms. The van der Waals surface area contributed by atoms with Crippen molar-refractivity contribution in [3.63, 3.8) is 0 Å². The predicted molar refractivity (Wildman–Crippen MR) is 88.2 cm³/mol. The van der Waals surface area contributed by atoms with Gasteiger partial charge in [-0.15, -0.1) is 0 Å². The molecular formula is C18H20ClNO. The van der Waals surface area contributed by atoms with E-state index in [9.17, 15) is 5.11 Å². The Labute approximate surface area is 130 Å². The van der Waals surface area contributed by atoms with Gasteiger partial charge in [0, 0.05) is 22.8 Å². The number of aromatic hydroxyl groups is 1. The van der Waals surface area contributed by atoms with Crippen molar-refractivity contribution in [2.75, 3.05) is 5.32 Å². The van der Waals surface area contributed by atoms with Crippen LogP contribution in [0.2, 0.25) is 5.02 Å². The lowest BCUT2D eigenvalue weighted by Crippen LogP contribution is -2.25.